The Morgan fingerprint density at radius 1 is 1.53 bits per heavy atom. The second-order valence-corrected chi connectivity index (χ2v) is 4.72. The van der Waals surface area contributed by atoms with Gasteiger partial charge in [0.2, 0.25) is 5.91 Å². The molecule has 1 unspecified atom stereocenters. The van der Waals surface area contributed by atoms with Gasteiger partial charge in [-0.1, -0.05) is 6.92 Å². The lowest BCUT2D eigenvalue weighted by Crippen LogP contribution is -2.40. The molecule has 1 amide bonds. The van der Waals surface area contributed by atoms with Crippen LogP contribution in [-0.2, 0) is 9.59 Å². The van der Waals surface area contributed by atoms with Gasteiger partial charge in [-0.05, 0) is 32.2 Å². The van der Waals surface area contributed by atoms with Gasteiger partial charge < -0.3 is 15.7 Å². The fraction of sp³-hybridized carbons (Fsp3) is 0.833. The number of carbonyl (C=O) groups excluding carboxylic acids is 1. The van der Waals surface area contributed by atoms with E-state index < -0.39 is 5.97 Å². The summed E-state index contributed by atoms with van der Waals surface area (Å²) in [4.78, 5) is 22.3. The third-order valence-corrected chi connectivity index (χ3v) is 3.20. The molecule has 0 bridgehead atoms. The Morgan fingerprint density at radius 3 is 2.88 bits per heavy atom. The summed E-state index contributed by atoms with van der Waals surface area (Å²) in [5.74, 6) is -0.920. The van der Waals surface area contributed by atoms with E-state index in [0.717, 1.165) is 32.4 Å². The molecule has 17 heavy (non-hydrogen) atoms. The maximum atomic E-state index is 11.7. The molecule has 5 nitrogen and oxygen atoms in total. The van der Waals surface area contributed by atoms with E-state index in [1.807, 2.05) is 0 Å². The Balaban J connectivity index is 2.09. The van der Waals surface area contributed by atoms with Crippen molar-refractivity contribution in [2.45, 2.75) is 32.6 Å². The minimum Gasteiger partial charge on any atom is -0.481 e. The number of amides is 1. The van der Waals surface area contributed by atoms with E-state index in [1.165, 1.54) is 0 Å². The van der Waals surface area contributed by atoms with Gasteiger partial charge >= 0.3 is 5.97 Å². The van der Waals surface area contributed by atoms with Gasteiger partial charge in [-0.25, -0.2) is 0 Å². The molecular weight excluding hydrogens is 220 g/mol. The summed E-state index contributed by atoms with van der Waals surface area (Å²) >= 11 is 0. The quantitative estimate of drug-likeness (QED) is 0.596. The molecule has 1 aliphatic heterocycles. The molecule has 0 aromatic rings. The number of hydrogen-bond donors (Lipinski definition) is 3. The van der Waals surface area contributed by atoms with Crippen LogP contribution in [0.1, 0.15) is 32.6 Å². The molecular formula is C12H22N2O3. The molecule has 1 fully saturated rings. The lowest BCUT2D eigenvalue weighted by atomic mass is 9.99. The van der Waals surface area contributed by atoms with Crippen molar-refractivity contribution in [1.29, 1.82) is 0 Å². The highest BCUT2D eigenvalue weighted by atomic mass is 16.4. The van der Waals surface area contributed by atoms with Crippen molar-refractivity contribution >= 4 is 11.9 Å². The minimum absolute atomic E-state index is 0.0839. The van der Waals surface area contributed by atoms with Crippen LogP contribution in [0, 0.1) is 11.8 Å². The molecule has 5 heteroatoms. The summed E-state index contributed by atoms with van der Waals surface area (Å²) in [6, 6.07) is 0. The number of piperidine rings is 1. The van der Waals surface area contributed by atoms with Crippen molar-refractivity contribution in [1.82, 2.24) is 10.6 Å². The Morgan fingerprint density at radius 2 is 2.29 bits per heavy atom. The Kier molecular flexibility index (Phi) is 5.97. The van der Waals surface area contributed by atoms with Crippen LogP contribution in [0.2, 0.25) is 0 Å². The van der Waals surface area contributed by atoms with Gasteiger partial charge in [0.1, 0.15) is 0 Å². The molecule has 3 N–H and O–H groups in total. The van der Waals surface area contributed by atoms with Gasteiger partial charge in [0.05, 0.1) is 11.8 Å². The first kappa shape index (κ1) is 14.0. The molecule has 0 saturated carbocycles. The van der Waals surface area contributed by atoms with E-state index in [2.05, 4.69) is 10.6 Å². The van der Waals surface area contributed by atoms with E-state index in [4.69, 9.17) is 5.11 Å². The highest BCUT2D eigenvalue weighted by molar-refractivity contribution is 5.78. The van der Waals surface area contributed by atoms with Crippen molar-refractivity contribution in [3.05, 3.63) is 0 Å². The van der Waals surface area contributed by atoms with E-state index in [0.29, 0.717) is 13.0 Å². The number of carboxylic acid groups (broad SMARTS) is 1. The van der Waals surface area contributed by atoms with Crippen LogP contribution in [0.15, 0.2) is 0 Å². The fourth-order valence-electron chi connectivity index (χ4n) is 1.96. The largest absolute Gasteiger partial charge is 0.481 e. The molecule has 1 aliphatic rings. The summed E-state index contributed by atoms with van der Waals surface area (Å²) < 4.78 is 0. The molecule has 0 radical (unpaired) electrons. The second kappa shape index (κ2) is 7.27. The molecule has 0 aromatic heterocycles. The number of aliphatic carboxylic acids is 1. The zero-order valence-corrected chi connectivity index (χ0v) is 10.4. The maximum Gasteiger partial charge on any atom is 0.306 e. The molecule has 1 heterocycles. The number of carboxylic acids is 1. The minimum atomic E-state index is -0.771. The number of hydrogen-bond acceptors (Lipinski definition) is 3. The Hall–Kier alpha value is -1.10. The van der Waals surface area contributed by atoms with Crippen LogP contribution in [-0.4, -0.2) is 36.6 Å². The van der Waals surface area contributed by atoms with E-state index in [1.54, 1.807) is 6.92 Å². The Labute approximate surface area is 102 Å². The maximum absolute atomic E-state index is 11.7. The smallest absolute Gasteiger partial charge is 0.306 e. The summed E-state index contributed by atoms with van der Waals surface area (Å²) in [5, 5.41) is 14.8. The van der Waals surface area contributed by atoms with Gasteiger partial charge in [-0.3, -0.25) is 9.59 Å². The fourth-order valence-corrected chi connectivity index (χ4v) is 1.96. The summed E-state index contributed by atoms with van der Waals surface area (Å²) in [7, 11) is 0. The summed E-state index contributed by atoms with van der Waals surface area (Å²) in [5.41, 5.74) is 0. The SMILES string of the molecule is CC(CCCNC(=O)[C@H]1CCCNC1)C(=O)O. The lowest BCUT2D eigenvalue weighted by molar-refractivity contribution is -0.141. The molecule has 2 atom stereocenters. The van der Waals surface area contributed by atoms with E-state index in [-0.39, 0.29) is 17.7 Å². The second-order valence-electron chi connectivity index (χ2n) is 4.72. The van der Waals surface area contributed by atoms with E-state index >= 15 is 0 Å². The lowest BCUT2D eigenvalue weighted by Gasteiger charge is -2.21. The molecule has 98 valence electrons. The number of carbonyl (C=O) groups is 2. The van der Waals surface area contributed by atoms with Crippen molar-refractivity contribution < 1.29 is 14.7 Å². The third-order valence-electron chi connectivity index (χ3n) is 3.20. The first-order valence-corrected chi connectivity index (χ1v) is 6.32. The molecule has 1 rings (SSSR count). The van der Waals surface area contributed by atoms with Crippen molar-refractivity contribution in [2.24, 2.45) is 11.8 Å². The monoisotopic (exact) mass is 242 g/mol. The first-order chi connectivity index (χ1) is 8.11. The predicted octanol–water partition coefficient (Wildman–Crippen LogP) is 0.603. The van der Waals surface area contributed by atoms with Crippen LogP contribution in [0.5, 0.6) is 0 Å². The molecule has 0 aliphatic carbocycles. The summed E-state index contributed by atoms with van der Waals surface area (Å²) in [6.45, 7) is 4.03. The molecule has 0 aromatic carbocycles. The van der Waals surface area contributed by atoms with Gasteiger partial charge in [-0.2, -0.15) is 0 Å². The van der Waals surface area contributed by atoms with Gasteiger partial charge in [-0.15, -0.1) is 0 Å². The average molecular weight is 242 g/mol. The topological polar surface area (TPSA) is 78.4 Å². The standard InChI is InChI=1S/C12H22N2O3/c1-9(12(16)17)4-2-7-14-11(15)10-5-3-6-13-8-10/h9-10,13H,2-8H2,1H3,(H,14,15)(H,16,17)/t9?,10-/m0/s1. The highest BCUT2D eigenvalue weighted by Crippen LogP contribution is 2.10. The molecule has 0 spiro atoms. The third kappa shape index (κ3) is 5.17. The molecule has 1 saturated heterocycles. The zero-order valence-electron chi connectivity index (χ0n) is 10.4. The first-order valence-electron chi connectivity index (χ1n) is 6.32. The van der Waals surface area contributed by atoms with E-state index in [9.17, 15) is 9.59 Å². The van der Waals surface area contributed by atoms with Crippen LogP contribution < -0.4 is 10.6 Å². The van der Waals surface area contributed by atoms with Crippen molar-refractivity contribution in [3.63, 3.8) is 0 Å². The van der Waals surface area contributed by atoms with Gasteiger partial charge in [0.15, 0.2) is 0 Å². The van der Waals surface area contributed by atoms with Gasteiger partial charge in [0.25, 0.3) is 0 Å². The number of nitrogens with one attached hydrogen (secondary N) is 2. The zero-order chi connectivity index (χ0) is 12.7. The predicted molar refractivity (Wildman–Crippen MR) is 64.6 cm³/mol. The van der Waals surface area contributed by atoms with Crippen LogP contribution >= 0.6 is 0 Å². The highest BCUT2D eigenvalue weighted by Gasteiger charge is 2.20. The van der Waals surface area contributed by atoms with Crippen LogP contribution in [0.3, 0.4) is 0 Å². The summed E-state index contributed by atoms with van der Waals surface area (Å²) in [6.07, 6.45) is 3.33. The normalized spacial score (nSPS) is 21.8. The van der Waals surface area contributed by atoms with Crippen molar-refractivity contribution in [3.8, 4) is 0 Å². The van der Waals surface area contributed by atoms with Gasteiger partial charge in [0, 0.05) is 13.1 Å². The Bertz CT molecular complexity index is 262. The van der Waals surface area contributed by atoms with Crippen molar-refractivity contribution in [2.75, 3.05) is 19.6 Å². The number of rotatable bonds is 6. The van der Waals surface area contributed by atoms with Crippen LogP contribution in [0.4, 0.5) is 0 Å². The van der Waals surface area contributed by atoms with Crippen LogP contribution in [0.25, 0.3) is 0 Å². The average Bonchev–Trinajstić information content (AvgIpc) is 2.35.